The summed E-state index contributed by atoms with van der Waals surface area (Å²) < 4.78 is 22.3. The molecule has 0 unspecified atom stereocenters. The number of piperidine rings is 1. The lowest BCUT2D eigenvalue weighted by molar-refractivity contribution is -0.131. The maximum Gasteiger partial charge on any atom is 0.238 e. The van der Waals surface area contributed by atoms with Gasteiger partial charge in [0.25, 0.3) is 0 Å². The Morgan fingerprint density at radius 3 is 2.33 bits per heavy atom. The summed E-state index contributed by atoms with van der Waals surface area (Å²) in [6, 6.07) is 6.18. The number of primary sulfonamides is 1. The van der Waals surface area contributed by atoms with Gasteiger partial charge in [-0.25, -0.2) is 13.6 Å². The number of carbonyl (C=O) groups is 1. The summed E-state index contributed by atoms with van der Waals surface area (Å²) in [6.07, 6.45) is 3.83. The molecule has 7 heteroatoms. The van der Waals surface area contributed by atoms with Crippen molar-refractivity contribution in [2.45, 2.75) is 30.6 Å². The lowest BCUT2D eigenvalue weighted by atomic mass is 10.1. The molecule has 0 aromatic heterocycles. The van der Waals surface area contributed by atoms with Crippen LogP contribution in [0.2, 0.25) is 0 Å². The van der Waals surface area contributed by atoms with Crippen LogP contribution in [0.5, 0.6) is 0 Å². The summed E-state index contributed by atoms with van der Waals surface area (Å²) in [6.45, 7) is 2.26. The van der Waals surface area contributed by atoms with Crippen molar-refractivity contribution in [2.24, 2.45) is 5.14 Å². The molecule has 1 fully saturated rings. The molecule has 1 saturated heterocycles. The van der Waals surface area contributed by atoms with E-state index in [0.717, 1.165) is 31.6 Å². The summed E-state index contributed by atoms with van der Waals surface area (Å²) in [5.74, 6) is 0.170. The van der Waals surface area contributed by atoms with Gasteiger partial charge in [0, 0.05) is 31.7 Å². The van der Waals surface area contributed by atoms with E-state index in [2.05, 4.69) is 5.32 Å². The Labute approximate surface area is 125 Å². The van der Waals surface area contributed by atoms with Gasteiger partial charge in [-0.15, -0.1) is 0 Å². The van der Waals surface area contributed by atoms with Crippen molar-refractivity contribution in [3.8, 4) is 0 Å². The predicted molar refractivity (Wildman–Crippen MR) is 81.4 cm³/mol. The lowest BCUT2D eigenvalue weighted by Crippen LogP contribution is -2.36. The van der Waals surface area contributed by atoms with E-state index in [0.29, 0.717) is 13.0 Å². The zero-order chi connectivity index (χ0) is 15.3. The number of rotatable bonds is 5. The minimum absolute atomic E-state index is 0.0810. The molecular formula is C14H21N3O3S. The average Bonchev–Trinajstić information content (AvgIpc) is 2.47. The van der Waals surface area contributed by atoms with Gasteiger partial charge < -0.3 is 10.2 Å². The summed E-state index contributed by atoms with van der Waals surface area (Å²) >= 11 is 0. The van der Waals surface area contributed by atoms with E-state index in [1.807, 2.05) is 4.90 Å². The van der Waals surface area contributed by atoms with E-state index in [4.69, 9.17) is 5.14 Å². The standard InChI is InChI=1S/C14H21N3O3S/c15-21(19,20)13-6-4-12(5-7-13)16-9-8-14(18)17-10-2-1-3-11-17/h4-7,16H,1-3,8-11H2,(H2,15,19,20). The second-order valence-corrected chi connectivity index (χ2v) is 6.75. The van der Waals surface area contributed by atoms with Crippen LogP contribution < -0.4 is 10.5 Å². The molecule has 0 radical (unpaired) electrons. The quantitative estimate of drug-likeness (QED) is 0.853. The van der Waals surface area contributed by atoms with Crippen molar-refractivity contribution in [3.63, 3.8) is 0 Å². The number of sulfonamides is 1. The number of carbonyl (C=O) groups excluding carboxylic acids is 1. The Hall–Kier alpha value is -1.60. The molecule has 0 aliphatic carbocycles. The van der Waals surface area contributed by atoms with E-state index in [-0.39, 0.29) is 10.8 Å². The highest BCUT2D eigenvalue weighted by atomic mass is 32.2. The molecule has 1 aliphatic heterocycles. The fourth-order valence-corrected chi connectivity index (χ4v) is 2.89. The minimum Gasteiger partial charge on any atom is -0.385 e. The van der Waals surface area contributed by atoms with Gasteiger partial charge >= 0.3 is 0 Å². The predicted octanol–water partition coefficient (Wildman–Crippen LogP) is 1.15. The normalized spacial score (nSPS) is 15.8. The van der Waals surface area contributed by atoms with E-state index in [9.17, 15) is 13.2 Å². The van der Waals surface area contributed by atoms with Gasteiger partial charge in [0.2, 0.25) is 15.9 Å². The molecule has 1 aliphatic rings. The Balaban J connectivity index is 1.79. The fourth-order valence-electron chi connectivity index (χ4n) is 2.38. The van der Waals surface area contributed by atoms with Crippen LogP contribution >= 0.6 is 0 Å². The van der Waals surface area contributed by atoms with Gasteiger partial charge in [0.15, 0.2) is 0 Å². The van der Waals surface area contributed by atoms with E-state index in [1.54, 1.807) is 12.1 Å². The summed E-state index contributed by atoms with van der Waals surface area (Å²) in [4.78, 5) is 14.0. The zero-order valence-electron chi connectivity index (χ0n) is 11.9. The topological polar surface area (TPSA) is 92.5 Å². The second kappa shape index (κ2) is 6.91. The molecule has 1 amide bonds. The number of benzene rings is 1. The van der Waals surface area contributed by atoms with Crippen LogP contribution in [0.25, 0.3) is 0 Å². The molecule has 0 saturated carbocycles. The van der Waals surface area contributed by atoms with Gasteiger partial charge in [0.1, 0.15) is 0 Å². The van der Waals surface area contributed by atoms with E-state index < -0.39 is 10.0 Å². The summed E-state index contributed by atoms with van der Waals surface area (Å²) in [5, 5.41) is 8.14. The third-order valence-corrected chi connectivity index (χ3v) is 4.49. The second-order valence-electron chi connectivity index (χ2n) is 5.19. The number of nitrogens with one attached hydrogen (secondary N) is 1. The Bertz CT molecular complexity index is 578. The number of anilines is 1. The number of nitrogens with two attached hydrogens (primary N) is 1. The van der Waals surface area contributed by atoms with Gasteiger partial charge in [-0.1, -0.05) is 0 Å². The maximum atomic E-state index is 12.0. The fraction of sp³-hybridized carbons (Fsp3) is 0.500. The van der Waals surface area contributed by atoms with Crippen LogP contribution in [-0.4, -0.2) is 38.9 Å². The number of likely N-dealkylation sites (tertiary alicyclic amines) is 1. The first-order chi connectivity index (χ1) is 9.97. The van der Waals surface area contributed by atoms with E-state index in [1.165, 1.54) is 18.6 Å². The Morgan fingerprint density at radius 1 is 1.14 bits per heavy atom. The van der Waals surface area contributed by atoms with Crippen molar-refractivity contribution in [1.29, 1.82) is 0 Å². The first-order valence-corrected chi connectivity index (χ1v) is 8.66. The Kier molecular flexibility index (Phi) is 5.19. The van der Waals surface area contributed by atoms with Crippen molar-refractivity contribution in [1.82, 2.24) is 4.90 Å². The van der Waals surface area contributed by atoms with Crippen molar-refractivity contribution < 1.29 is 13.2 Å². The van der Waals surface area contributed by atoms with Crippen LogP contribution in [0.3, 0.4) is 0 Å². The molecule has 1 heterocycles. The molecule has 0 bridgehead atoms. The molecule has 116 valence electrons. The first kappa shape index (κ1) is 15.8. The van der Waals surface area contributed by atoms with Crippen molar-refractivity contribution in [2.75, 3.05) is 25.0 Å². The first-order valence-electron chi connectivity index (χ1n) is 7.11. The van der Waals surface area contributed by atoms with Gasteiger partial charge in [-0.2, -0.15) is 0 Å². The highest BCUT2D eigenvalue weighted by Gasteiger charge is 2.15. The number of hydrogen-bond acceptors (Lipinski definition) is 4. The number of nitrogens with zero attached hydrogens (tertiary/aromatic N) is 1. The molecular weight excluding hydrogens is 290 g/mol. The average molecular weight is 311 g/mol. The van der Waals surface area contributed by atoms with Gasteiger partial charge in [-0.05, 0) is 43.5 Å². The molecule has 1 aromatic carbocycles. The molecule has 0 atom stereocenters. The largest absolute Gasteiger partial charge is 0.385 e. The summed E-state index contributed by atoms with van der Waals surface area (Å²) in [7, 11) is -3.66. The molecule has 1 aromatic rings. The van der Waals surface area contributed by atoms with Gasteiger partial charge in [-0.3, -0.25) is 4.79 Å². The monoisotopic (exact) mass is 311 g/mol. The molecule has 21 heavy (non-hydrogen) atoms. The molecule has 0 spiro atoms. The van der Waals surface area contributed by atoms with Crippen molar-refractivity contribution >= 4 is 21.6 Å². The van der Waals surface area contributed by atoms with Crippen LogP contribution in [0.4, 0.5) is 5.69 Å². The zero-order valence-corrected chi connectivity index (χ0v) is 12.7. The third kappa shape index (κ3) is 4.71. The Morgan fingerprint density at radius 2 is 1.76 bits per heavy atom. The lowest BCUT2D eigenvalue weighted by Gasteiger charge is -2.26. The van der Waals surface area contributed by atoms with Crippen molar-refractivity contribution in [3.05, 3.63) is 24.3 Å². The van der Waals surface area contributed by atoms with Crippen LogP contribution in [0, 0.1) is 0 Å². The third-order valence-electron chi connectivity index (χ3n) is 3.56. The minimum atomic E-state index is -3.66. The molecule has 6 nitrogen and oxygen atoms in total. The highest BCUT2D eigenvalue weighted by molar-refractivity contribution is 7.89. The van der Waals surface area contributed by atoms with Gasteiger partial charge in [0.05, 0.1) is 4.90 Å². The highest BCUT2D eigenvalue weighted by Crippen LogP contribution is 2.13. The maximum absolute atomic E-state index is 12.0. The van der Waals surface area contributed by atoms with Crippen LogP contribution in [0.1, 0.15) is 25.7 Å². The SMILES string of the molecule is NS(=O)(=O)c1ccc(NCCC(=O)N2CCCCC2)cc1. The number of hydrogen-bond donors (Lipinski definition) is 2. The number of amides is 1. The van der Waals surface area contributed by atoms with E-state index >= 15 is 0 Å². The molecule has 3 N–H and O–H groups in total. The smallest absolute Gasteiger partial charge is 0.238 e. The van der Waals surface area contributed by atoms with Crippen LogP contribution in [-0.2, 0) is 14.8 Å². The van der Waals surface area contributed by atoms with Crippen LogP contribution in [0.15, 0.2) is 29.2 Å². The molecule has 2 rings (SSSR count). The summed E-state index contributed by atoms with van der Waals surface area (Å²) in [5.41, 5.74) is 0.772.